The van der Waals surface area contributed by atoms with Gasteiger partial charge in [-0.15, -0.1) is 0 Å². The molecule has 0 aliphatic carbocycles. The van der Waals surface area contributed by atoms with E-state index in [0.29, 0.717) is 5.41 Å². The second-order valence-electron chi connectivity index (χ2n) is 5.40. The summed E-state index contributed by atoms with van der Waals surface area (Å²) in [5, 5.41) is 7.16. The Morgan fingerprint density at radius 2 is 2.29 bits per heavy atom. The van der Waals surface area contributed by atoms with Crippen molar-refractivity contribution >= 4 is 0 Å². The average Bonchev–Trinajstić information content (AvgIpc) is 2.47. The van der Waals surface area contributed by atoms with E-state index in [0.717, 1.165) is 19.5 Å². The van der Waals surface area contributed by atoms with Crippen molar-refractivity contribution in [3.63, 3.8) is 0 Å². The smallest absolute Gasteiger partial charge is 0.0524 e. The van der Waals surface area contributed by atoms with Gasteiger partial charge in [-0.2, -0.15) is 5.10 Å². The number of aromatic nitrogens is 2. The molecular formula is C11H19N3. The van der Waals surface area contributed by atoms with E-state index < -0.39 is 0 Å². The third-order valence-corrected chi connectivity index (χ3v) is 2.58. The van der Waals surface area contributed by atoms with Crippen molar-refractivity contribution in [2.75, 3.05) is 13.1 Å². The molecule has 1 N–H and O–H groups in total. The molecule has 1 aliphatic rings. The minimum absolute atomic E-state index is 0.386. The van der Waals surface area contributed by atoms with Gasteiger partial charge in [0.15, 0.2) is 0 Å². The van der Waals surface area contributed by atoms with Gasteiger partial charge >= 0.3 is 0 Å². The molecule has 14 heavy (non-hydrogen) atoms. The Bertz CT molecular complexity index is 309. The van der Waals surface area contributed by atoms with E-state index in [4.69, 9.17) is 0 Å². The maximum atomic E-state index is 4.08. The largest absolute Gasteiger partial charge is 0.297 e. The standard InChI is InChI=1S/C11H19N3/c1-11(2,3)8-14-5-4-9-6-12-13-10(9)7-14/h6H,4-5,7-8H2,1-3H3,(H,12,13). The molecule has 3 heteroatoms. The van der Waals surface area contributed by atoms with Gasteiger partial charge in [0.1, 0.15) is 0 Å². The Morgan fingerprint density at radius 1 is 1.50 bits per heavy atom. The lowest BCUT2D eigenvalue weighted by molar-refractivity contribution is 0.175. The first kappa shape index (κ1) is 9.71. The van der Waals surface area contributed by atoms with E-state index in [1.165, 1.54) is 17.8 Å². The number of hydrogen-bond donors (Lipinski definition) is 1. The average molecular weight is 193 g/mol. The first-order valence-corrected chi connectivity index (χ1v) is 5.28. The van der Waals surface area contributed by atoms with Crippen LogP contribution < -0.4 is 0 Å². The zero-order valence-corrected chi connectivity index (χ0v) is 9.30. The molecule has 0 amide bonds. The second kappa shape index (κ2) is 3.39. The quantitative estimate of drug-likeness (QED) is 0.737. The van der Waals surface area contributed by atoms with Crippen molar-refractivity contribution < 1.29 is 0 Å². The van der Waals surface area contributed by atoms with Crippen molar-refractivity contribution in [3.8, 4) is 0 Å². The number of nitrogens with zero attached hydrogens (tertiary/aromatic N) is 2. The fourth-order valence-corrected chi connectivity index (χ4v) is 2.08. The molecular weight excluding hydrogens is 174 g/mol. The number of fused-ring (bicyclic) bond motifs is 1. The van der Waals surface area contributed by atoms with Gasteiger partial charge in [-0.25, -0.2) is 0 Å². The molecule has 0 aromatic carbocycles. The predicted octanol–water partition coefficient (Wildman–Crippen LogP) is 1.81. The van der Waals surface area contributed by atoms with Crippen LogP contribution in [0.2, 0.25) is 0 Å². The van der Waals surface area contributed by atoms with Gasteiger partial charge in [-0.3, -0.25) is 10.00 Å². The molecule has 3 nitrogen and oxygen atoms in total. The Balaban J connectivity index is 2.01. The first-order valence-electron chi connectivity index (χ1n) is 5.28. The number of aromatic amines is 1. The Kier molecular flexibility index (Phi) is 2.35. The summed E-state index contributed by atoms with van der Waals surface area (Å²) in [7, 11) is 0. The topological polar surface area (TPSA) is 31.9 Å². The van der Waals surface area contributed by atoms with Crippen molar-refractivity contribution in [2.24, 2.45) is 5.41 Å². The van der Waals surface area contributed by atoms with E-state index in [1.807, 2.05) is 6.20 Å². The number of nitrogens with one attached hydrogen (secondary N) is 1. The van der Waals surface area contributed by atoms with Crippen LogP contribution in [0.1, 0.15) is 32.0 Å². The number of hydrogen-bond acceptors (Lipinski definition) is 2. The SMILES string of the molecule is CC(C)(C)CN1CCc2cn[nH]c2C1. The van der Waals surface area contributed by atoms with E-state index in [1.54, 1.807) is 0 Å². The number of H-pyrrole nitrogens is 1. The highest BCUT2D eigenvalue weighted by Gasteiger charge is 2.21. The summed E-state index contributed by atoms with van der Waals surface area (Å²) in [5.41, 5.74) is 3.09. The molecule has 2 rings (SSSR count). The number of rotatable bonds is 1. The Morgan fingerprint density at radius 3 is 3.00 bits per heavy atom. The van der Waals surface area contributed by atoms with Crippen LogP contribution in [0.25, 0.3) is 0 Å². The minimum Gasteiger partial charge on any atom is -0.297 e. The molecule has 0 unspecified atom stereocenters. The summed E-state index contributed by atoms with van der Waals surface area (Å²) in [6, 6.07) is 0. The van der Waals surface area contributed by atoms with Gasteiger partial charge in [0.05, 0.1) is 11.9 Å². The van der Waals surface area contributed by atoms with Gasteiger partial charge in [-0.1, -0.05) is 20.8 Å². The summed E-state index contributed by atoms with van der Waals surface area (Å²) in [6.45, 7) is 10.2. The van der Waals surface area contributed by atoms with Crippen molar-refractivity contribution in [1.29, 1.82) is 0 Å². The molecule has 0 spiro atoms. The second-order valence-corrected chi connectivity index (χ2v) is 5.40. The highest BCUT2D eigenvalue weighted by molar-refractivity contribution is 5.19. The third kappa shape index (κ3) is 2.15. The molecule has 0 radical (unpaired) electrons. The fraction of sp³-hybridized carbons (Fsp3) is 0.727. The lowest BCUT2D eigenvalue weighted by atomic mass is 9.95. The molecule has 0 saturated heterocycles. The van der Waals surface area contributed by atoms with Gasteiger partial charge in [-0.05, 0) is 17.4 Å². The Hall–Kier alpha value is -0.830. The van der Waals surface area contributed by atoms with Gasteiger partial charge < -0.3 is 0 Å². The lowest BCUT2D eigenvalue weighted by Crippen LogP contribution is -2.36. The monoisotopic (exact) mass is 193 g/mol. The predicted molar refractivity (Wildman–Crippen MR) is 57.0 cm³/mol. The van der Waals surface area contributed by atoms with Crippen molar-refractivity contribution in [1.82, 2.24) is 15.1 Å². The van der Waals surface area contributed by atoms with Crippen LogP contribution in [0.15, 0.2) is 6.20 Å². The van der Waals surface area contributed by atoms with E-state index in [9.17, 15) is 0 Å². The van der Waals surface area contributed by atoms with Gasteiger partial charge in [0, 0.05) is 19.6 Å². The van der Waals surface area contributed by atoms with Crippen molar-refractivity contribution in [2.45, 2.75) is 33.7 Å². The molecule has 0 atom stereocenters. The zero-order valence-electron chi connectivity index (χ0n) is 9.30. The molecule has 2 heterocycles. The molecule has 0 fully saturated rings. The summed E-state index contributed by atoms with van der Waals surface area (Å²) in [4.78, 5) is 2.50. The fourth-order valence-electron chi connectivity index (χ4n) is 2.08. The van der Waals surface area contributed by atoms with E-state index in [-0.39, 0.29) is 0 Å². The Labute approximate surface area is 85.5 Å². The first-order chi connectivity index (χ1) is 6.54. The summed E-state index contributed by atoms with van der Waals surface area (Å²) >= 11 is 0. The maximum Gasteiger partial charge on any atom is 0.0524 e. The van der Waals surface area contributed by atoms with Crippen LogP contribution in [0.3, 0.4) is 0 Å². The van der Waals surface area contributed by atoms with Crippen LogP contribution in [-0.4, -0.2) is 28.2 Å². The van der Waals surface area contributed by atoms with Gasteiger partial charge in [0.25, 0.3) is 0 Å². The zero-order chi connectivity index (χ0) is 10.2. The summed E-state index contributed by atoms with van der Waals surface area (Å²) in [5.74, 6) is 0. The lowest BCUT2D eigenvalue weighted by Gasteiger charge is -2.32. The molecule has 1 aromatic rings. The normalized spacial score (nSPS) is 18.2. The highest BCUT2D eigenvalue weighted by atomic mass is 15.2. The third-order valence-electron chi connectivity index (χ3n) is 2.58. The summed E-state index contributed by atoms with van der Waals surface area (Å²) < 4.78 is 0. The molecule has 0 saturated carbocycles. The van der Waals surface area contributed by atoms with Crippen LogP contribution in [-0.2, 0) is 13.0 Å². The summed E-state index contributed by atoms with van der Waals surface area (Å²) in [6.07, 6.45) is 3.10. The van der Waals surface area contributed by atoms with Crippen LogP contribution in [0.4, 0.5) is 0 Å². The molecule has 78 valence electrons. The van der Waals surface area contributed by atoms with E-state index in [2.05, 4.69) is 35.9 Å². The van der Waals surface area contributed by atoms with Gasteiger partial charge in [0.2, 0.25) is 0 Å². The van der Waals surface area contributed by atoms with E-state index >= 15 is 0 Å². The maximum absolute atomic E-state index is 4.08. The van der Waals surface area contributed by atoms with Crippen molar-refractivity contribution in [3.05, 3.63) is 17.5 Å². The van der Waals surface area contributed by atoms with Crippen LogP contribution in [0, 0.1) is 5.41 Å². The van der Waals surface area contributed by atoms with Crippen LogP contribution >= 0.6 is 0 Å². The molecule has 0 bridgehead atoms. The van der Waals surface area contributed by atoms with Crippen LogP contribution in [0.5, 0.6) is 0 Å². The molecule has 1 aromatic heterocycles. The molecule has 1 aliphatic heterocycles. The highest BCUT2D eigenvalue weighted by Crippen LogP contribution is 2.21. The minimum atomic E-state index is 0.386.